The Morgan fingerprint density at radius 3 is 1.39 bits per heavy atom. The van der Waals surface area contributed by atoms with Crippen LogP contribution in [0.3, 0.4) is 0 Å². The molecule has 18 heteroatoms. The number of benzene rings is 2. The van der Waals surface area contributed by atoms with E-state index < -0.39 is 41.8 Å². The zero-order valence-corrected chi connectivity index (χ0v) is 29.5. The summed E-state index contributed by atoms with van der Waals surface area (Å²) in [6.45, 7) is 2.35. The Labute approximate surface area is 306 Å². The molecule has 0 aliphatic heterocycles. The van der Waals surface area contributed by atoms with Crippen LogP contribution in [0.15, 0.2) is 58.1 Å². The monoisotopic (exact) mass is 776 g/mol. The molecule has 4 heterocycles. The van der Waals surface area contributed by atoms with Gasteiger partial charge >= 0.3 is 12.4 Å². The first-order chi connectivity index (χ1) is 25.6. The molecule has 2 fully saturated rings. The third-order valence-corrected chi connectivity index (χ3v) is 9.83. The van der Waals surface area contributed by atoms with E-state index >= 15 is 0 Å². The second kappa shape index (κ2) is 14.0. The first kappa shape index (κ1) is 37.3. The Kier molecular flexibility index (Phi) is 9.64. The predicted molar refractivity (Wildman–Crippen MR) is 185 cm³/mol. The maximum Gasteiger partial charge on any atom is 0.416 e. The summed E-state index contributed by atoms with van der Waals surface area (Å²) in [5.74, 6) is 1.23. The molecule has 0 bridgehead atoms. The van der Waals surface area contributed by atoms with Crippen LogP contribution in [-0.2, 0) is 24.9 Å². The second-order valence-corrected chi connectivity index (χ2v) is 13.8. The zero-order valence-electron chi connectivity index (χ0n) is 28.7. The van der Waals surface area contributed by atoms with E-state index in [1.807, 2.05) is 0 Å². The molecule has 54 heavy (non-hydrogen) atoms. The minimum atomic E-state index is -4.42. The Hall–Kier alpha value is -5.06. The number of nitrogens with one attached hydrogen (secondary N) is 2. The van der Waals surface area contributed by atoms with E-state index in [-0.39, 0.29) is 46.0 Å². The highest BCUT2D eigenvalue weighted by Crippen LogP contribution is 2.46. The van der Waals surface area contributed by atoms with Gasteiger partial charge in [0.2, 0.25) is 0 Å². The van der Waals surface area contributed by atoms with E-state index in [0.29, 0.717) is 39.5 Å². The van der Waals surface area contributed by atoms with E-state index in [4.69, 9.17) is 11.6 Å². The van der Waals surface area contributed by atoms with E-state index in [9.17, 15) is 40.3 Å². The summed E-state index contributed by atoms with van der Waals surface area (Å²) in [5.41, 5.74) is 0.160. The molecule has 2 aliphatic rings. The number of H-pyrrole nitrogens is 2. The van der Waals surface area contributed by atoms with E-state index in [1.165, 1.54) is 28.9 Å². The van der Waals surface area contributed by atoms with Crippen LogP contribution in [0.1, 0.15) is 83.1 Å². The number of aromatic nitrogens is 8. The Balaban J connectivity index is 0.000000167. The van der Waals surface area contributed by atoms with E-state index in [0.717, 1.165) is 49.9 Å². The highest BCUT2D eigenvalue weighted by Gasteiger charge is 2.39. The fourth-order valence-electron chi connectivity index (χ4n) is 6.81. The number of rotatable bonds is 8. The smallest absolute Gasteiger partial charge is 0.310 e. The normalized spacial score (nSPS) is 16.0. The number of nitrogens with zero attached hydrogens (tertiary/aromatic N) is 6. The molecule has 0 radical (unpaired) electrons. The molecule has 2 unspecified atom stereocenters. The molecule has 0 amide bonds. The standard InChI is InChI=1S/C18H16ClF3N4O.C18H16F4N4O/c2*1-9-23-16-14(17(27)24-9)13(8-19)25-26(16)15(10-2-3-10)11-4-6-12(7-5-11)18(20,21)22/h2*4-7,10,15H,2-3,8H2,1H3,(H,23,24,27). The number of hydrogen-bond acceptors (Lipinski definition) is 6. The molecule has 8 rings (SSSR count). The van der Waals surface area contributed by atoms with Crippen LogP contribution >= 0.6 is 11.6 Å². The van der Waals surface area contributed by atoms with Crippen molar-refractivity contribution in [2.24, 2.45) is 11.8 Å². The van der Waals surface area contributed by atoms with Crippen molar-refractivity contribution in [1.29, 1.82) is 0 Å². The van der Waals surface area contributed by atoms with Gasteiger partial charge in [0, 0.05) is 0 Å². The van der Waals surface area contributed by atoms with Gasteiger partial charge in [-0.15, -0.1) is 11.6 Å². The first-order valence-corrected chi connectivity index (χ1v) is 17.5. The fraction of sp³-hybridized carbons (Fsp3) is 0.389. The van der Waals surface area contributed by atoms with Gasteiger partial charge in [-0.1, -0.05) is 24.3 Å². The molecular formula is C36H32ClF7N8O2. The number of fused-ring (bicyclic) bond motifs is 2. The molecule has 2 atom stereocenters. The summed E-state index contributed by atoms with van der Waals surface area (Å²) in [4.78, 5) is 38.5. The summed E-state index contributed by atoms with van der Waals surface area (Å²) in [7, 11) is 0. The Bertz CT molecular complexity index is 2270. The van der Waals surface area contributed by atoms with Crippen molar-refractivity contribution in [3.63, 3.8) is 0 Å². The second-order valence-electron chi connectivity index (χ2n) is 13.6. The molecule has 4 aromatic heterocycles. The van der Waals surface area contributed by atoms with Gasteiger partial charge in [-0.25, -0.2) is 23.7 Å². The lowest BCUT2D eigenvalue weighted by molar-refractivity contribution is -0.138. The average Bonchev–Trinajstić information content (AvgIpc) is 4.05. The van der Waals surface area contributed by atoms with Crippen LogP contribution in [0.25, 0.3) is 22.1 Å². The van der Waals surface area contributed by atoms with Gasteiger partial charge in [-0.3, -0.25) is 9.59 Å². The molecule has 10 nitrogen and oxygen atoms in total. The fourth-order valence-corrected chi connectivity index (χ4v) is 7.00. The molecule has 2 aliphatic carbocycles. The van der Waals surface area contributed by atoms with Crippen molar-refractivity contribution in [2.45, 2.75) is 76.5 Å². The van der Waals surface area contributed by atoms with Crippen LogP contribution in [0.4, 0.5) is 30.7 Å². The van der Waals surface area contributed by atoms with Crippen LogP contribution in [-0.4, -0.2) is 39.5 Å². The SMILES string of the molecule is Cc1nc2c(c(CCl)nn2C(c2ccc(C(F)(F)F)cc2)C2CC2)c(=O)[nH]1.Cc1nc2c(c(CF)nn2C(c2ccc(C(F)(F)F)cc2)C2CC2)c(=O)[nH]1. The number of hydrogen-bond donors (Lipinski definition) is 2. The quantitative estimate of drug-likeness (QED) is 0.119. The van der Waals surface area contributed by atoms with Crippen molar-refractivity contribution in [3.8, 4) is 0 Å². The molecule has 284 valence electrons. The lowest BCUT2D eigenvalue weighted by Crippen LogP contribution is -2.17. The summed E-state index contributed by atoms with van der Waals surface area (Å²) in [6, 6.07) is 9.27. The maximum atomic E-state index is 13.4. The highest BCUT2D eigenvalue weighted by molar-refractivity contribution is 6.17. The molecule has 0 spiro atoms. The summed E-state index contributed by atoms with van der Waals surface area (Å²) in [5, 5.41) is 9.17. The lowest BCUT2D eigenvalue weighted by Gasteiger charge is -2.19. The first-order valence-electron chi connectivity index (χ1n) is 17.0. The van der Waals surface area contributed by atoms with Gasteiger partial charge in [0.05, 0.1) is 34.8 Å². The average molecular weight is 777 g/mol. The van der Waals surface area contributed by atoms with Gasteiger partial charge in [0.15, 0.2) is 11.3 Å². The summed E-state index contributed by atoms with van der Waals surface area (Å²) in [6.07, 6.45) is -5.18. The largest absolute Gasteiger partial charge is 0.416 e. The van der Waals surface area contributed by atoms with Crippen LogP contribution in [0.5, 0.6) is 0 Å². The molecular weight excluding hydrogens is 745 g/mol. The summed E-state index contributed by atoms with van der Waals surface area (Å²) >= 11 is 5.97. The van der Waals surface area contributed by atoms with Gasteiger partial charge in [-0.05, 0) is 86.8 Å². The maximum absolute atomic E-state index is 13.4. The molecule has 2 saturated carbocycles. The van der Waals surface area contributed by atoms with Crippen LogP contribution < -0.4 is 11.1 Å². The third kappa shape index (κ3) is 7.24. The predicted octanol–water partition coefficient (Wildman–Crippen LogP) is 8.10. The van der Waals surface area contributed by atoms with Crippen molar-refractivity contribution < 1.29 is 30.7 Å². The number of aryl methyl sites for hydroxylation is 2. The summed E-state index contributed by atoms with van der Waals surface area (Å²) < 4.78 is 93.8. The lowest BCUT2D eigenvalue weighted by atomic mass is 10.0. The Morgan fingerprint density at radius 1 is 0.685 bits per heavy atom. The minimum absolute atomic E-state index is 0.0173. The van der Waals surface area contributed by atoms with Gasteiger partial charge in [0.25, 0.3) is 11.1 Å². The Morgan fingerprint density at radius 2 is 1.06 bits per heavy atom. The molecule has 2 aromatic carbocycles. The van der Waals surface area contributed by atoms with Crippen molar-refractivity contribution in [3.05, 3.63) is 115 Å². The van der Waals surface area contributed by atoms with E-state index in [2.05, 4.69) is 30.1 Å². The van der Waals surface area contributed by atoms with Gasteiger partial charge in [-0.2, -0.15) is 36.5 Å². The molecule has 6 aromatic rings. The number of halogens is 8. The van der Waals surface area contributed by atoms with Crippen molar-refractivity contribution >= 4 is 33.7 Å². The van der Waals surface area contributed by atoms with Crippen LogP contribution in [0.2, 0.25) is 0 Å². The van der Waals surface area contributed by atoms with Crippen molar-refractivity contribution in [1.82, 2.24) is 39.5 Å². The number of aromatic amines is 2. The minimum Gasteiger partial charge on any atom is -0.310 e. The number of alkyl halides is 8. The zero-order chi connectivity index (χ0) is 38.7. The molecule has 2 N–H and O–H groups in total. The van der Waals surface area contributed by atoms with Gasteiger partial charge in [0.1, 0.15) is 34.8 Å². The highest BCUT2D eigenvalue weighted by atomic mass is 35.5. The van der Waals surface area contributed by atoms with E-state index in [1.54, 1.807) is 18.5 Å². The third-order valence-electron chi connectivity index (χ3n) is 9.58. The van der Waals surface area contributed by atoms with Gasteiger partial charge < -0.3 is 9.97 Å². The van der Waals surface area contributed by atoms with Crippen molar-refractivity contribution in [2.75, 3.05) is 0 Å². The topological polar surface area (TPSA) is 127 Å². The molecule has 0 saturated heterocycles. The van der Waals surface area contributed by atoms with Crippen LogP contribution in [0, 0.1) is 25.7 Å².